The number of benzene rings is 1. The average molecular weight is 286 g/mol. The first-order valence-electron chi connectivity index (χ1n) is 7.74. The number of hydrogen-bond acceptors (Lipinski definition) is 3. The van der Waals surface area contributed by atoms with Gasteiger partial charge in [0.15, 0.2) is 0 Å². The fraction of sp³-hybridized carbons (Fsp3) is 0.529. The summed E-state index contributed by atoms with van der Waals surface area (Å²) >= 11 is 0. The SMILES string of the molecule is Cc1ccc(N2C(=O)CC(N3CCCC(C)C3)C2=O)cc1. The van der Waals surface area contributed by atoms with Crippen LogP contribution in [0.25, 0.3) is 0 Å². The van der Waals surface area contributed by atoms with Gasteiger partial charge >= 0.3 is 0 Å². The van der Waals surface area contributed by atoms with Gasteiger partial charge in [-0.25, -0.2) is 4.90 Å². The van der Waals surface area contributed by atoms with E-state index >= 15 is 0 Å². The van der Waals surface area contributed by atoms with Crippen LogP contribution in [0, 0.1) is 12.8 Å². The highest BCUT2D eigenvalue weighted by atomic mass is 16.2. The first-order chi connectivity index (χ1) is 10.1. The molecule has 2 saturated heterocycles. The Balaban J connectivity index is 1.80. The number of rotatable bonds is 2. The zero-order valence-electron chi connectivity index (χ0n) is 12.7. The van der Waals surface area contributed by atoms with E-state index in [1.807, 2.05) is 31.2 Å². The predicted octanol–water partition coefficient (Wildman–Crippen LogP) is 2.36. The second-order valence-electron chi connectivity index (χ2n) is 6.37. The smallest absolute Gasteiger partial charge is 0.251 e. The topological polar surface area (TPSA) is 40.6 Å². The number of carbonyl (C=O) groups excluding carboxylic acids is 2. The lowest BCUT2D eigenvalue weighted by atomic mass is 9.98. The molecule has 2 heterocycles. The van der Waals surface area contributed by atoms with Crippen LogP contribution in [-0.4, -0.2) is 35.8 Å². The molecule has 2 unspecified atom stereocenters. The number of likely N-dealkylation sites (tertiary alicyclic amines) is 1. The largest absolute Gasteiger partial charge is 0.291 e. The Hall–Kier alpha value is -1.68. The highest BCUT2D eigenvalue weighted by Gasteiger charge is 2.43. The van der Waals surface area contributed by atoms with Gasteiger partial charge in [0.2, 0.25) is 5.91 Å². The molecule has 2 amide bonds. The van der Waals surface area contributed by atoms with E-state index in [2.05, 4.69) is 11.8 Å². The minimum absolute atomic E-state index is 0.0575. The third kappa shape index (κ3) is 2.72. The molecule has 4 heteroatoms. The summed E-state index contributed by atoms with van der Waals surface area (Å²) in [6, 6.07) is 7.32. The number of nitrogens with zero attached hydrogens (tertiary/aromatic N) is 2. The second kappa shape index (κ2) is 5.60. The van der Waals surface area contributed by atoms with E-state index in [0.29, 0.717) is 18.0 Å². The van der Waals surface area contributed by atoms with Crippen molar-refractivity contribution >= 4 is 17.5 Å². The lowest BCUT2D eigenvalue weighted by Gasteiger charge is -2.34. The van der Waals surface area contributed by atoms with Crippen molar-refractivity contribution in [3.63, 3.8) is 0 Å². The van der Waals surface area contributed by atoms with Crippen LogP contribution in [0.2, 0.25) is 0 Å². The van der Waals surface area contributed by atoms with Crippen molar-refractivity contribution in [3.05, 3.63) is 29.8 Å². The van der Waals surface area contributed by atoms with Gasteiger partial charge in [-0.05, 0) is 44.4 Å². The lowest BCUT2D eigenvalue weighted by molar-refractivity contribution is -0.123. The van der Waals surface area contributed by atoms with Gasteiger partial charge in [-0.1, -0.05) is 24.6 Å². The number of piperidine rings is 1. The Bertz CT molecular complexity index is 552. The molecule has 1 aromatic carbocycles. The molecule has 0 aromatic heterocycles. The van der Waals surface area contributed by atoms with Crippen molar-refractivity contribution in [3.8, 4) is 0 Å². The molecule has 1 aromatic rings. The van der Waals surface area contributed by atoms with Crippen molar-refractivity contribution in [1.29, 1.82) is 0 Å². The van der Waals surface area contributed by atoms with Crippen molar-refractivity contribution in [2.24, 2.45) is 5.92 Å². The number of amides is 2. The molecule has 2 aliphatic heterocycles. The summed E-state index contributed by atoms with van der Waals surface area (Å²) in [7, 11) is 0. The van der Waals surface area contributed by atoms with Gasteiger partial charge in [0.05, 0.1) is 18.2 Å². The Morgan fingerprint density at radius 3 is 2.52 bits per heavy atom. The Labute approximate surface area is 125 Å². The summed E-state index contributed by atoms with van der Waals surface area (Å²) in [5.74, 6) is 0.472. The Kier molecular flexibility index (Phi) is 3.81. The number of carbonyl (C=O) groups is 2. The maximum Gasteiger partial charge on any atom is 0.251 e. The highest BCUT2D eigenvalue weighted by Crippen LogP contribution is 2.28. The van der Waals surface area contributed by atoms with Crippen LogP contribution >= 0.6 is 0 Å². The van der Waals surface area contributed by atoms with Crippen molar-refractivity contribution < 1.29 is 9.59 Å². The number of anilines is 1. The lowest BCUT2D eigenvalue weighted by Crippen LogP contribution is -2.46. The molecule has 0 radical (unpaired) electrons. The first kappa shape index (κ1) is 14.3. The van der Waals surface area contributed by atoms with Crippen LogP contribution in [0.3, 0.4) is 0 Å². The van der Waals surface area contributed by atoms with Gasteiger partial charge in [0.1, 0.15) is 0 Å². The van der Waals surface area contributed by atoms with Gasteiger partial charge < -0.3 is 0 Å². The monoisotopic (exact) mass is 286 g/mol. The van der Waals surface area contributed by atoms with Gasteiger partial charge in [0.25, 0.3) is 5.91 Å². The van der Waals surface area contributed by atoms with Gasteiger partial charge in [-0.2, -0.15) is 0 Å². The van der Waals surface area contributed by atoms with Gasteiger partial charge in [-0.15, -0.1) is 0 Å². The van der Waals surface area contributed by atoms with E-state index < -0.39 is 0 Å². The van der Waals surface area contributed by atoms with Gasteiger partial charge in [-0.3, -0.25) is 14.5 Å². The summed E-state index contributed by atoms with van der Waals surface area (Å²) in [6.07, 6.45) is 2.65. The molecular weight excluding hydrogens is 264 g/mol. The standard InChI is InChI=1S/C17H22N2O2/c1-12-5-7-14(8-6-12)19-16(20)10-15(17(19)21)18-9-3-4-13(2)11-18/h5-8,13,15H,3-4,9-11H2,1-2H3. The molecule has 21 heavy (non-hydrogen) atoms. The Morgan fingerprint density at radius 1 is 1.14 bits per heavy atom. The molecule has 2 aliphatic rings. The van der Waals surface area contributed by atoms with E-state index in [4.69, 9.17) is 0 Å². The Morgan fingerprint density at radius 2 is 1.86 bits per heavy atom. The molecule has 0 aliphatic carbocycles. The molecule has 2 atom stereocenters. The summed E-state index contributed by atoms with van der Waals surface area (Å²) in [4.78, 5) is 28.5. The van der Waals surface area contributed by atoms with Crippen LogP contribution in [-0.2, 0) is 9.59 Å². The highest BCUT2D eigenvalue weighted by molar-refractivity contribution is 6.22. The van der Waals surface area contributed by atoms with Crippen LogP contribution in [0.15, 0.2) is 24.3 Å². The van der Waals surface area contributed by atoms with Crippen molar-refractivity contribution in [2.45, 2.75) is 39.2 Å². The summed E-state index contributed by atoms with van der Waals surface area (Å²) in [6.45, 7) is 6.06. The van der Waals surface area contributed by atoms with Crippen LogP contribution in [0.4, 0.5) is 5.69 Å². The molecule has 0 N–H and O–H groups in total. The summed E-state index contributed by atoms with van der Waals surface area (Å²) in [5, 5.41) is 0. The molecular formula is C17H22N2O2. The minimum atomic E-state index is -0.262. The maximum absolute atomic E-state index is 12.7. The minimum Gasteiger partial charge on any atom is -0.291 e. The fourth-order valence-corrected chi connectivity index (χ4v) is 3.38. The quantitative estimate of drug-likeness (QED) is 0.784. The van der Waals surface area contributed by atoms with E-state index in [-0.39, 0.29) is 17.9 Å². The summed E-state index contributed by atoms with van der Waals surface area (Å²) in [5.41, 5.74) is 1.82. The van der Waals surface area contributed by atoms with Crippen molar-refractivity contribution in [2.75, 3.05) is 18.0 Å². The van der Waals surface area contributed by atoms with E-state index in [1.165, 1.54) is 11.3 Å². The fourth-order valence-electron chi connectivity index (χ4n) is 3.38. The predicted molar refractivity (Wildman–Crippen MR) is 82.0 cm³/mol. The van der Waals surface area contributed by atoms with Gasteiger partial charge in [0, 0.05) is 6.54 Å². The molecule has 4 nitrogen and oxygen atoms in total. The third-order valence-electron chi connectivity index (χ3n) is 4.54. The normalized spacial score (nSPS) is 27.4. The molecule has 3 rings (SSSR count). The molecule has 0 bridgehead atoms. The maximum atomic E-state index is 12.7. The zero-order chi connectivity index (χ0) is 15.0. The van der Waals surface area contributed by atoms with Crippen LogP contribution in [0.5, 0.6) is 0 Å². The third-order valence-corrected chi connectivity index (χ3v) is 4.54. The number of aryl methyl sites for hydroxylation is 1. The number of imide groups is 1. The second-order valence-corrected chi connectivity index (χ2v) is 6.37. The molecule has 112 valence electrons. The molecule has 0 spiro atoms. The van der Waals surface area contributed by atoms with E-state index in [1.54, 1.807) is 0 Å². The average Bonchev–Trinajstić information content (AvgIpc) is 2.75. The van der Waals surface area contributed by atoms with E-state index in [9.17, 15) is 9.59 Å². The first-order valence-corrected chi connectivity index (χ1v) is 7.74. The molecule has 0 saturated carbocycles. The van der Waals surface area contributed by atoms with Crippen molar-refractivity contribution in [1.82, 2.24) is 4.90 Å². The van der Waals surface area contributed by atoms with E-state index in [0.717, 1.165) is 25.1 Å². The number of hydrogen-bond donors (Lipinski definition) is 0. The summed E-state index contributed by atoms with van der Waals surface area (Å²) < 4.78 is 0. The zero-order valence-corrected chi connectivity index (χ0v) is 12.7. The van der Waals surface area contributed by atoms with Crippen LogP contribution < -0.4 is 4.90 Å². The molecule has 2 fully saturated rings. The van der Waals surface area contributed by atoms with Crippen LogP contribution in [0.1, 0.15) is 31.7 Å².